The van der Waals surface area contributed by atoms with Crippen LogP contribution in [0.3, 0.4) is 0 Å². The Morgan fingerprint density at radius 3 is 2.48 bits per heavy atom. The van der Waals surface area contributed by atoms with Crippen molar-refractivity contribution in [2.75, 3.05) is 20.2 Å². The number of carbonyl (C=O) groups excluding carboxylic acids is 1. The Morgan fingerprint density at radius 1 is 1.35 bits per heavy atom. The highest BCUT2D eigenvalue weighted by Crippen LogP contribution is 2.35. The van der Waals surface area contributed by atoms with E-state index < -0.39 is 23.4 Å². The molecule has 2 atom stereocenters. The minimum absolute atomic E-state index is 0.208. The van der Waals surface area contributed by atoms with E-state index in [9.17, 15) is 14.3 Å². The second-order valence-electron chi connectivity index (χ2n) is 6.83. The summed E-state index contributed by atoms with van der Waals surface area (Å²) in [4.78, 5) is 13.7. The number of likely N-dealkylation sites (tertiary alicyclic amines) is 1. The molecule has 1 aromatic rings. The molecule has 1 heterocycles. The Bertz CT molecular complexity index is 555. The molecule has 1 aliphatic rings. The summed E-state index contributed by atoms with van der Waals surface area (Å²) in [5.41, 5.74) is -1.26. The lowest BCUT2D eigenvalue weighted by Gasteiger charge is -2.44. The maximum atomic E-state index is 13.1. The highest BCUT2D eigenvalue weighted by atomic mass is 19.1. The molecule has 1 fully saturated rings. The molecule has 0 bridgehead atoms. The van der Waals surface area contributed by atoms with Gasteiger partial charge in [0.1, 0.15) is 23.1 Å². The van der Waals surface area contributed by atoms with E-state index in [4.69, 9.17) is 9.47 Å². The van der Waals surface area contributed by atoms with Crippen molar-refractivity contribution < 1.29 is 23.8 Å². The van der Waals surface area contributed by atoms with Crippen LogP contribution in [0, 0.1) is 5.82 Å². The molecule has 128 valence electrons. The SMILES string of the molecule is CO[C@H]1CN(C(=O)OC(C)(C)C)CC[C@]1(O)c1ccc(F)cc1. The predicted octanol–water partition coefficient (Wildman–Crippen LogP) is 2.67. The van der Waals surface area contributed by atoms with E-state index in [0.29, 0.717) is 12.1 Å². The highest BCUT2D eigenvalue weighted by Gasteiger charge is 2.45. The Balaban J connectivity index is 2.15. The summed E-state index contributed by atoms with van der Waals surface area (Å²) in [5.74, 6) is -0.363. The first-order valence-corrected chi connectivity index (χ1v) is 7.65. The van der Waals surface area contributed by atoms with Crippen molar-refractivity contribution in [3.8, 4) is 0 Å². The van der Waals surface area contributed by atoms with Crippen LogP contribution in [0.5, 0.6) is 0 Å². The molecule has 23 heavy (non-hydrogen) atoms. The number of benzene rings is 1. The van der Waals surface area contributed by atoms with Crippen LogP contribution in [-0.4, -0.2) is 48.0 Å². The minimum atomic E-state index is -1.26. The fraction of sp³-hybridized carbons (Fsp3) is 0.588. The van der Waals surface area contributed by atoms with Crippen molar-refractivity contribution in [1.29, 1.82) is 0 Å². The zero-order valence-corrected chi connectivity index (χ0v) is 14.0. The molecule has 0 saturated carbocycles. The summed E-state index contributed by atoms with van der Waals surface area (Å²) >= 11 is 0. The van der Waals surface area contributed by atoms with Crippen LogP contribution >= 0.6 is 0 Å². The maximum absolute atomic E-state index is 13.1. The molecule has 6 heteroatoms. The van der Waals surface area contributed by atoms with Gasteiger partial charge < -0.3 is 19.5 Å². The third-order valence-electron chi connectivity index (χ3n) is 3.96. The summed E-state index contributed by atoms with van der Waals surface area (Å²) < 4.78 is 23.9. The maximum Gasteiger partial charge on any atom is 0.410 e. The third-order valence-corrected chi connectivity index (χ3v) is 3.96. The average molecular weight is 325 g/mol. The van der Waals surface area contributed by atoms with E-state index in [0.717, 1.165) is 0 Å². The smallest absolute Gasteiger partial charge is 0.410 e. The van der Waals surface area contributed by atoms with Gasteiger partial charge >= 0.3 is 6.09 Å². The number of aliphatic hydroxyl groups is 1. The van der Waals surface area contributed by atoms with Gasteiger partial charge in [-0.3, -0.25) is 0 Å². The predicted molar refractivity (Wildman–Crippen MR) is 83.5 cm³/mol. The van der Waals surface area contributed by atoms with Gasteiger partial charge in [0.05, 0.1) is 6.54 Å². The first-order chi connectivity index (χ1) is 10.7. The number of piperidine rings is 1. The molecule has 5 nitrogen and oxygen atoms in total. The highest BCUT2D eigenvalue weighted by molar-refractivity contribution is 5.68. The van der Waals surface area contributed by atoms with Gasteiger partial charge in [-0.05, 0) is 38.5 Å². The number of carbonyl (C=O) groups is 1. The van der Waals surface area contributed by atoms with Crippen molar-refractivity contribution in [2.45, 2.75) is 44.5 Å². The van der Waals surface area contributed by atoms with Gasteiger partial charge in [0.2, 0.25) is 0 Å². The van der Waals surface area contributed by atoms with Gasteiger partial charge in [-0.15, -0.1) is 0 Å². The van der Waals surface area contributed by atoms with Crippen LogP contribution in [0.25, 0.3) is 0 Å². The van der Waals surface area contributed by atoms with Crippen LogP contribution in [0.2, 0.25) is 0 Å². The summed E-state index contributed by atoms with van der Waals surface area (Å²) in [6, 6.07) is 5.70. The first kappa shape index (κ1) is 17.7. The molecule has 0 spiro atoms. The molecular formula is C17H24FNO4. The van der Waals surface area contributed by atoms with E-state index >= 15 is 0 Å². The first-order valence-electron chi connectivity index (χ1n) is 7.65. The van der Waals surface area contributed by atoms with E-state index in [1.165, 1.54) is 24.1 Å². The number of methoxy groups -OCH3 is 1. The van der Waals surface area contributed by atoms with Gasteiger partial charge in [0, 0.05) is 20.1 Å². The van der Waals surface area contributed by atoms with Crippen molar-refractivity contribution in [3.63, 3.8) is 0 Å². The second kappa shape index (κ2) is 6.45. The Labute approximate surface area is 136 Å². The van der Waals surface area contributed by atoms with Crippen LogP contribution in [-0.2, 0) is 15.1 Å². The number of ether oxygens (including phenoxy) is 2. The number of rotatable bonds is 2. The molecule has 1 aliphatic heterocycles. The fourth-order valence-electron chi connectivity index (χ4n) is 2.74. The van der Waals surface area contributed by atoms with Crippen molar-refractivity contribution in [1.82, 2.24) is 4.90 Å². The topological polar surface area (TPSA) is 59.0 Å². The monoisotopic (exact) mass is 325 g/mol. The normalized spacial score (nSPS) is 25.3. The Kier molecular flexibility index (Phi) is 4.96. The molecule has 1 N–H and O–H groups in total. The lowest BCUT2D eigenvalue weighted by Crippen LogP contribution is -2.56. The van der Waals surface area contributed by atoms with Crippen molar-refractivity contribution >= 4 is 6.09 Å². The van der Waals surface area contributed by atoms with Crippen LogP contribution in [0.1, 0.15) is 32.8 Å². The number of hydrogen-bond donors (Lipinski definition) is 1. The number of amides is 1. The van der Waals surface area contributed by atoms with Gasteiger partial charge in [-0.1, -0.05) is 12.1 Å². The summed E-state index contributed by atoms with van der Waals surface area (Å²) in [6.07, 6.45) is -0.758. The van der Waals surface area contributed by atoms with E-state index in [-0.39, 0.29) is 18.8 Å². The lowest BCUT2D eigenvalue weighted by atomic mass is 9.82. The Hall–Kier alpha value is -1.66. The Morgan fingerprint density at radius 2 is 1.96 bits per heavy atom. The molecule has 1 amide bonds. The fourth-order valence-corrected chi connectivity index (χ4v) is 2.74. The molecule has 0 aliphatic carbocycles. The van der Waals surface area contributed by atoms with Crippen LogP contribution < -0.4 is 0 Å². The van der Waals surface area contributed by atoms with Gasteiger partial charge in [-0.25, -0.2) is 9.18 Å². The quantitative estimate of drug-likeness (QED) is 0.908. The zero-order valence-electron chi connectivity index (χ0n) is 14.0. The van der Waals surface area contributed by atoms with Gasteiger partial charge in [0.15, 0.2) is 0 Å². The summed E-state index contributed by atoms with van der Waals surface area (Å²) in [7, 11) is 1.48. The largest absolute Gasteiger partial charge is 0.444 e. The third kappa shape index (κ3) is 4.00. The van der Waals surface area contributed by atoms with E-state index in [1.807, 2.05) is 0 Å². The molecule has 0 aromatic heterocycles. The summed E-state index contributed by atoms with van der Waals surface area (Å²) in [6.45, 7) is 5.95. The molecule has 0 unspecified atom stereocenters. The van der Waals surface area contributed by atoms with Crippen LogP contribution in [0.15, 0.2) is 24.3 Å². The second-order valence-corrected chi connectivity index (χ2v) is 6.83. The average Bonchev–Trinajstić information content (AvgIpc) is 2.46. The van der Waals surface area contributed by atoms with Gasteiger partial charge in [-0.2, -0.15) is 0 Å². The van der Waals surface area contributed by atoms with Crippen LogP contribution in [0.4, 0.5) is 9.18 Å². The molecule has 2 rings (SSSR count). The van der Waals surface area contributed by atoms with Crippen molar-refractivity contribution in [3.05, 3.63) is 35.6 Å². The molecular weight excluding hydrogens is 301 g/mol. The standard InChI is InChI=1S/C17H24FNO4/c1-16(2,3)23-15(20)19-10-9-17(21,14(11-19)22-4)12-5-7-13(18)8-6-12/h5-8,14,21H,9-11H2,1-4H3/t14-,17-/m0/s1. The zero-order chi connectivity index (χ0) is 17.3. The summed E-state index contributed by atoms with van der Waals surface area (Å²) in [5, 5.41) is 11.0. The van der Waals surface area contributed by atoms with E-state index in [2.05, 4.69) is 0 Å². The molecule has 1 aromatic carbocycles. The lowest BCUT2D eigenvalue weighted by molar-refractivity contribution is -0.137. The number of hydrogen-bond acceptors (Lipinski definition) is 4. The van der Waals surface area contributed by atoms with E-state index in [1.54, 1.807) is 32.9 Å². The number of halogens is 1. The molecule has 1 saturated heterocycles. The molecule has 0 radical (unpaired) electrons. The van der Waals surface area contributed by atoms with Crippen molar-refractivity contribution in [2.24, 2.45) is 0 Å². The minimum Gasteiger partial charge on any atom is -0.444 e. The number of nitrogens with zero attached hydrogens (tertiary/aromatic N) is 1. The van der Waals surface area contributed by atoms with Gasteiger partial charge in [0.25, 0.3) is 0 Å².